The minimum Gasteiger partial charge on any atom is -0.370 e. The summed E-state index contributed by atoms with van der Waals surface area (Å²) in [5.41, 5.74) is 4.97. The second-order valence-corrected chi connectivity index (χ2v) is 3.17. The Kier molecular flexibility index (Phi) is 7.02. The van der Waals surface area contributed by atoms with Crippen LogP contribution in [0.2, 0.25) is 0 Å². The van der Waals surface area contributed by atoms with Gasteiger partial charge in [-0.2, -0.15) is 0 Å². The lowest BCUT2D eigenvalue weighted by Crippen LogP contribution is -2.42. The molecule has 0 saturated carbocycles. The van der Waals surface area contributed by atoms with Crippen LogP contribution in [0.1, 0.15) is 19.8 Å². The quantitative estimate of drug-likeness (QED) is 0.372. The minimum atomic E-state index is -0.332. The Morgan fingerprint density at radius 2 is 2.20 bits per heavy atom. The highest BCUT2D eigenvalue weighted by Gasteiger charge is 2.10. The van der Waals surface area contributed by atoms with Gasteiger partial charge in [0.25, 0.3) is 0 Å². The Balaban J connectivity index is 3.56. The lowest BCUT2D eigenvalue weighted by atomic mass is 10.2. The SMILES string of the molecule is C#CCNC(=O)C(C)NCCCC(N)=O. The van der Waals surface area contributed by atoms with Crippen LogP contribution in [0, 0.1) is 12.3 Å². The van der Waals surface area contributed by atoms with Crippen LogP contribution in [-0.2, 0) is 9.59 Å². The third-order valence-corrected chi connectivity index (χ3v) is 1.81. The van der Waals surface area contributed by atoms with E-state index < -0.39 is 0 Å². The van der Waals surface area contributed by atoms with Crippen LogP contribution in [-0.4, -0.2) is 30.9 Å². The molecule has 0 heterocycles. The first-order valence-electron chi connectivity index (χ1n) is 4.80. The van der Waals surface area contributed by atoms with Crippen molar-refractivity contribution in [2.24, 2.45) is 5.73 Å². The Morgan fingerprint density at radius 3 is 2.73 bits per heavy atom. The van der Waals surface area contributed by atoms with Crippen LogP contribution in [0.15, 0.2) is 0 Å². The zero-order valence-corrected chi connectivity index (χ0v) is 8.88. The molecule has 5 nitrogen and oxygen atoms in total. The number of hydrogen-bond donors (Lipinski definition) is 3. The van der Waals surface area contributed by atoms with Crippen molar-refractivity contribution in [2.45, 2.75) is 25.8 Å². The van der Waals surface area contributed by atoms with Crippen molar-refractivity contribution >= 4 is 11.8 Å². The van der Waals surface area contributed by atoms with E-state index in [2.05, 4.69) is 16.6 Å². The summed E-state index contributed by atoms with van der Waals surface area (Å²) < 4.78 is 0. The summed E-state index contributed by atoms with van der Waals surface area (Å²) in [5.74, 6) is 1.84. The highest BCUT2D eigenvalue weighted by molar-refractivity contribution is 5.81. The molecule has 5 heteroatoms. The minimum absolute atomic E-state index is 0.146. The number of amides is 2. The predicted octanol–water partition coefficient (Wildman–Crippen LogP) is -1.02. The van der Waals surface area contributed by atoms with Gasteiger partial charge in [-0.3, -0.25) is 9.59 Å². The fourth-order valence-corrected chi connectivity index (χ4v) is 0.965. The molecule has 0 radical (unpaired) electrons. The Hall–Kier alpha value is -1.54. The number of rotatable bonds is 7. The molecule has 0 aromatic heterocycles. The molecule has 1 atom stereocenters. The average Bonchev–Trinajstić information content (AvgIpc) is 2.20. The molecular weight excluding hydrogens is 194 g/mol. The summed E-state index contributed by atoms with van der Waals surface area (Å²) in [7, 11) is 0. The number of carbonyl (C=O) groups excluding carboxylic acids is 2. The van der Waals surface area contributed by atoms with Crippen LogP contribution in [0.3, 0.4) is 0 Å². The van der Waals surface area contributed by atoms with Crippen LogP contribution in [0.4, 0.5) is 0 Å². The zero-order chi connectivity index (χ0) is 11.7. The molecular formula is C10H17N3O2. The van der Waals surface area contributed by atoms with Gasteiger partial charge in [-0.15, -0.1) is 6.42 Å². The number of nitrogens with one attached hydrogen (secondary N) is 2. The van der Waals surface area contributed by atoms with Crippen molar-refractivity contribution in [3.8, 4) is 12.3 Å². The van der Waals surface area contributed by atoms with Crippen LogP contribution >= 0.6 is 0 Å². The summed E-state index contributed by atoms with van der Waals surface area (Å²) in [6.45, 7) is 2.54. The van der Waals surface area contributed by atoms with E-state index in [1.165, 1.54) is 0 Å². The largest absolute Gasteiger partial charge is 0.370 e. The van der Waals surface area contributed by atoms with Crippen LogP contribution in [0.25, 0.3) is 0 Å². The van der Waals surface area contributed by atoms with E-state index in [9.17, 15) is 9.59 Å². The summed E-state index contributed by atoms with van der Waals surface area (Å²) in [5, 5.41) is 5.51. The molecule has 84 valence electrons. The van der Waals surface area contributed by atoms with E-state index >= 15 is 0 Å². The van der Waals surface area contributed by atoms with Gasteiger partial charge in [0.05, 0.1) is 12.6 Å². The molecule has 0 aliphatic carbocycles. The van der Waals surface area contributed by atoms with Crippen molar-refractivity contribution in [1.29, 1.82) is 0 Å². The van der Waals surface area contributed by atoms with E-state index in [0.29, 0.717) is 19.4 Å². The highest BCUT2D eigenvalue weighted by Crippen LogP contribution is 1.87. The van der Waals surface area contributed by atoms with Gasteiger partial charge >= 0.3 is 0 Å². The van der Waals surface area contributed by atoms with Gasteiger partial charge in [0.2, 0.25) is 11.8 Å². The summed E-state index contributed by atoms with van der Waals surface area (Å²) in [6.07, 6.45) is 5.95. The first kappa shape index (κ1) is 13.5. The summed E-state index contributed by atoms with van der Waals surface area (Å²) in [4.78, 5) is 21.7. The van der Waals surface area contributed by atoms with Crippen molar-refractivity contribution in [3.05, 3.63) is 0 Å². The Morgan fingerprint density at radius 1 is 1.53 bits per heavy atom. The molecule has 0 aromatic rings. The summed E-state index contributed by atoms with van der Waals surface area (Å²) in [6, 6.07) is -0.314. The Bertz CT molecular complexity index is 258. The number of carbonyl (C=O) groups is 2. The van der Waals surface area contributed by atoms with Gasteiger partial charge in [0.1, 0.15) is 0 Å². The topological polar surface area (TPSA) is 84.2 Å². The van der Waals surface area contributed by atoms with Crippen molar-refractivity contribution < 1.29 is 9.59 Å². The third kappa shape index (κ3) is 7.52. The van der Waals surface area contributed by atoms with Gasteiger partial charge in [0.15, 0.2) is 0 Å². The first-order chi connectivity index (χ1) is 7.07. The van der Waals surface area contributed by atoms with Gasteiger partial charge in [-0.1, -0.05) is 5.92 Å². The highest BCUT2D eigenvalue weighted by atomic mass is 16.2. The molecule has 0 aromatic carbocycles. The lowest BCUT2D eigenvalue weighted by Gasteiger charge is -2.12. The van der Waals surface area contributed by atoms with Crippen molar-refractivity contribution in [3.63, 3.8) is 0 Å². The normalized spacial score (nSPS) is 11.5. The van der Waals surface area contributed by atoms with E-state index in [-0.39, 0.29) is 24.4 Å². The van der Waals surface area contributed by atoms with E-state index in [1.54, 1.807) is 6.92 Å². The molecule has 4 N–H and O–H groups in total. The van der Waals surface area contributed by atoms with Gasteiger partial charge in [-0.05, 0) is 19.9 Å². The third-order valence-electron chi connectivity index (χ3n) is 1.81. The van der Waals surface area contributed by atoms with Crippen molar-refractivity contribution in [1.82, 2.24) is 10.6 Å². The number of primary amides is 1. The molecule has 0 fully saturated rings. The number of nitrogens with two attached hydrogens (primary N) is 1. The molecule has 0 rings (SSSR count). The fraction of sp³-hybridized carbons (Fsp3) is 0.600. The second-order valence-electron chi connectivity index (χ2n) is 3.17. The van der Waals surface area contributed by atoms with Gasteiger partial charge in [-0.25, -0.2) is 0 Å². The van der Waals surface area contributed by atoms with Gasteiger partial charge in [0, 0.05) is 6.42 Å². The standard InChI is InChI=1S/C10H17N3O2/c1-3-6-13-10(15)8(2)12-7-4-5-9(11)14/h1,8,12H,4-7H2,2H3,(H2,11,14)(H,13,15). The van der Waals surface area contributed by atoms with E-state index in [0.717, 1.165) is 0 Å². The monoisotopic (exact) mass is 211 g/mol. The molecule has 0 aliphatic heterocycles. The second kappa shape index (κ2) is 7.83. The molecule has 0 aliphatic rings. The van der Waals surface area contributed by atoms with Crippen LogP contribution in [0.5, 0.6) is 0 Å². The molecule has 0 spiro atoms. The molecule has 0 bridgehead atoms. The molecule has 0 saturated heterocycles. The lowest BCUT2D eigenvalue weighted by molar-refractivity contribution is -0.122. The molecule has 1 unspecified atom stereocenters. The number of hydrogen-bond acceptors (Lipinski definition) is 3. The first-order valence-corrected chi connectivity index (χ1v) is 4.80. The maximum absolute atomic E-state index is 11.3. The Labute approximate surface area is 89.8 Å². The maximum atomic E-state index is 11.3. The fourth-order valence-electron chi connectivity index (χ4n) is 0.965. The predicted molar refractivity (Wildman–Crippen MR) is 57.7 cm³/mol. The van der Waals surface area contributed by atoms with E-state index in [4.69, 9.17) is 12.2 Å². The molecule has 2 amide bonds. The van der Waals surface area contributed by atoms with E-state index in [1.807, 2.05) is 0 Å². The molecule has 15 heavy (non-hydrogen) atoms. The van der Waals surface area contributed by atoms with Crippen molar-refractivity contribution in [2.75, 3.05) is 13.1 Å². The summed E-state index contributed by atoms with van der Waals surface area (Å²) >= 11 is 0. The van der Waals surface area contributed by atoms with Gasteiger partial charge < -0.3 is 16.4 Å². The van der Waals surface area contributed by atoms with Crippen LogP contribution < -0.4 is 16.4 Å². The zero-order valence-electron chi connectivity index (χ0n) is 8.88. The number of terminal acetylenes is 1. The average molecular weight is 211 g/mol. The maximum Gasteiger partial charge on any atom is 0.237 e. The smallest absolute Gasteiger partial charge is 0.237 e.